The number of hydrogen-bond acceptors (Lipinski definition) is 3. The highest BCUT2D eigenvalue weighted by atomic mass is 16.5. The number of benzene rings is 2. The van der Waals surface area contributed by atoms with E-state index in [4.69, 9.17) is 9.84 Å². The largest absolute Gasteiger partial charge is 0.480 e. The molecule has 0 heterocycles. The number of hydrogen-bond donors (Lipinski definition) is 1. The molecule has 0 aliphatic heterocycles. The minimum absolute atomic E-state index is 0.0408. The number of carboxylic acid groups (broad SMARTS) is 1. The quantitative estimate of drug-likeness (QED) is 0.803. The maximum absolute atomic E-state index is 12.5. The van der Waals surface area contributed by atoms with Crippen LogP contribution >= 0.6 is 0 Å². The summed E-state index contributed by atoms with van der Waals surface area (Å²) in [6.07, 6.45) is 1.36. The van der Waals surface area contributed by atoms with E-state index < -0.39 is 5.97 Å². The monoisotopic (exact) mass is 339 g/mol. The smallest absolute Gasteiger partial charge is 0.323 e. The van der Waals surface area contributed by atoms with Gasteiger partial charge < -0.3 is 14.7 Å². The highest BCUT2D eigenvalue weighted by Crippen LogP contribution is 2.28. The van der Waals surface area contributed by atoms with Crippen molar-refractivity contribution < 1.29 is 19.4 Å². The number of aliphatic carboxylic acids is 1. The third kappa shape index (κ3) is 4.67. The fourth-order valence-corrected chi connectivity index (χ4v) is 2.83. The van der Waals surface area contributed by atoms with Crippen LogP contribution in [0, 0.1) is 0 Å². The third-order valence-electron chi connectivity index (χ3n) is 4.19. The number of carbonyl (C=O) groups is 2. The summed E-state index contributed by atoms with van der Waals surface area (Å²) in [5, 5.41) is 9.01. The fraction of sp³-hybridized carbons (Fsp3) is 0.300. The zero-order chi connectivity index (χ0) is 17.6. The minimum atomic E-state index is -0.997. The average Bonchev–Trinajstić information content (AvgIpc) is 3.46. The molecule has 1 N–H and O–H groups in total. The van der Waals surface area contributed by atoms with Crippen LogP contribution in [-0.4, -0.2) is 41.1 Å². The average molecular weight is 339 g/mol. The van der Waals surface area contributed by atoms with E-state index in [0.29, 0.717) is 0 Å². The van der Waals surface area contributed by atoms with Crippen LogP contribution in [0.25, 0.3) is 0 Å². The van der Waals surface area contributed by atoms with Crippen molar-refractivity contribution >= 4 is 11.9 Å². The number of ether oxygens (including phenoxy) is 1. The van der Waals surface area contributed by atoms with Crippen molar-refractivity contribution in [1.82, 2.24) is 4.90 Å². The molecule has 130 valence electrons. The van der Waals surface area contributed by atoms with Gasteiger partial charge in [-0.2, -0.15) is 0 Å². The van der Waals surface area contributed by atoms with Gasteiger partial charge in [0.25, 0.3) is 0 Å². The summed E-state index contributed by atoms with van der Waals surface area (Å²) in [4.78, 5) is 24.9. The Hall–Kier alpha value is -2.66. The van der Waals surface area contributed by atoms with Gasteiger partial charge in [0.1, 0.15) is 19.3 Å². The topological polar surface area (TPSA) is 66.8 Å². The van der Waals surface area contributed by atoms with Crippen molar-refractivity contribution in [1.29, 1.82) is 0 Å². The van der Waals surface area contributed by atoms with E-state index in [-0.39, 0.29) is 31.2 Å². The van der Waals surface area contributed by atoms with Crippen LogP contribution in [0.3, 0.4) is 0 Å². The Morgan fingerprint density at radius 3 is 1.96 bits per heavy atom. The van der Waals surface area contributed by atoms with E-state index >= 15 is 0 Å². The Bertz CT molecular complexity index is 673. The van der Waals surface area contributed by atoms with E-state index in [9.17, 15) is 9.59 Å². The highest BCUT2D eigenvalue weighted by molar-refractivity contribution is 5.82. The highest BCUT2D eigenvalue weighted by Gasteiger charge is 2.34. The van der Waals surface area contributed by atoms with Gasteiger partial charge in [-0.25, -0.2) is 0 Å². The van der Waals surface area contributed by atoms with Crippen molar-refractivity contribution in [3.63, 3.8) is 0 Å². The zero-order valence-electron chi connectivity index (χ0n) is 13.9. The molecular weight excluding hydrogens is 318 g/mol. The number of nitrogens with zero attached hydrogens (tertiary/aromatic N) is 1. The molecule has 0 unspecified atom stereocenters. The summed E-state index contributed by atoms with van der Waals surface area (Å²) >= 11 is 0. The van der Waals surface area contributed by atoms with Crippen LogP contribution in [0.15, 0.2) is 60.7 Å². The number of carboxylic acids is 1. The Labute approximate surface area is 146 Å². The summed E-state index contributed by atoms with van der Waals surface area (Å²) in [6, 6.07) is 19.4. The van der Waals surface area contributed by atoms with Gasteiger partial charge in [0, 0.05) is 6.04 Å². The molecule has 0 radical (unpaired) electrons. The molecule has 2 aromatic carbocycles. The van der Waals surface area contributed by atoms with Crippen LogP contribution in [0.1, 0.15) is 30.1 Å². The Morgan fingerprint density at radius 1 is 1.00 bits per heavy atom. The molecule has 1 fully saturated rings. The summed E-state index contributed by atoms with van der Waals surface area (Å²) in [5.74, 6) is -1.27. The van der Waals surface area contributed by atoms with E-state index in [0.717, 1.165) is 24.0 Å². The number of amides is 1. The molecule has 5 heteroatoms. The second-order valence-electron chi connectivity index (χ2n) is 6.16. The fourth-order valence-electron chi connectivity index (χ4n) is 2.83. The first kappa shape index (κ1) is 17.2. The van der Waals surface area contributed by atoms with Crippen LogP contribution in [0.4, 0.5) is 0 Å². The summed E-state index contributed by atoms with van der Waals surface area (Å²) in [7, 11) is 0. The first-order valence-corrected chi connectivity index (χ1v) is 8.38. The second-order valence-corrected chi connectivity index (χ2v) is 6.16. The van der Waals surface area contributed by atoms with Gasteiger partial charge in [0.05, 0.1) is 0 Å². The standard InChI is InChI=1S/C20H21NO4/c22-18(21(13-19(23)24)17-11-12-17)14-25-20(15-7-3-1-4-8-15)16-9-5-2-6-10-16/h1-10,17,20H,11-14H2,(H,23,24). The molecule has 0 saturated heterocycles. The van der Waals surface area contributed by atoms with Gasteiger partial charge in [0.15, 0.2) is 0 Å². The molecule has 2 aromatic rings. The zero-order valence-corrected chi connectivity index (χ0v) is 13.9. The van der Waals surface area contributed by atoms with E-state index in [1.54, 1.807) is 0 Å². The van der Waals surface area contributed by atoms with Gasteiger partial charge in [-0.1, -0.05) is 60.7 Å². The Kier molecular flexibility index (Phi) is 5.46. The van der Waals surface area contributed by atoms with Crippen LogP contribution in [0.5, 0.6) is 0 Å². The first-order valence-electron chi connectivity index (χ1n) is 8.38. The van der Waals surface area contributed by atoms with E-state index in [2.05, 4.69) is 0 Å². The molecule has 0 bridgehead atoms. The summed E-state index contributed by atoms with van der Waals surface area (Å²) in [5.41, 5.74) is 1.91. The number of carbonyl (C=O) groups excluding carboxylic acids is 1. The van der Waals surface area contributed by atoms with Gasteiger partial charge in [0.2, 0.25) is 5.91 Å². The maximum Gasteiger partial charge on any atom is 0.323 e. The van der Waals surface area contributed by atoms with Gasteiger partial charge >= 0.3 is 5.97 Å². The molecule has 0 aromatic heterocycles. The molecule has 1 aliphatic rings. The van der Waals surface area contributed by atoms with Crippen LogP contribution in [0.2, 0.25) is 0 Å². The molecular formula is C20H21NO4. The lowest BCUT2D eigenvalue weighted by Crippen LogP contribution is -2.39. The lowest BCUT2D eigenvalue weighted by Gasteiger charge is -2.23. The van der Waals surface area contributed by atoms with Crippen molar-refractivity contribution in [2.24, 2.45) is 0 Å². The minimum Gasteiger partial charge on any atom is -0.480 e. The molecule has 3 rings (SSSR count). The van der Waals surface area contributed by atoms with Crippen molar-refractivity contribution in [3.05, 3.63) is 71.8 Å². The summed E-state index contributed by atoms with van der Waals surface area (Å²) in [6.45, 7) is -0.410. The molecule has 0 atom stereocenters. The van der Waals surface area contributed by atoms with Crippen LogP contribution < -0.4 is 0 Å². The summed E-state index contributed by atoms with van der Waals surface area (Å²) < 4.78 is 5.93. The Balaban J connectivity index is 1.72. The predicted molar refractivity (Wildman–Crippen MR) is 93.0 cm³/mol. The van der Waals surface area contributed by atoms with Gasteiger partial charge in [-0.05, 0) is 24.0 Å². The van der Waals surface area contributed by atoms with Crippen molar-refractivity contribution in [2.75, 3.05) is 13.2 Å². The van der Waals surface area contributed by atoms with E-state index in [1.807, 2.05) is 60.7 Å². The van der Waals surface area contributed by atoms with Crippen LogP contribution in [-0.2, 0) is 14.3 Å². The lowest BCUT2D eigenvalue weighted by atomic mass is 10.0. The van der Waals surface area contributed by atoms with Crippen molar-refractivity contribution in [2.45, 2.75) is 25.0 Å². The number of rotatable bonds is 8. The molecule has 1 saturated carbocycles. The molecule has 1 amide bonds. The molecule has 0 spiro atoms. The first-order chi connectivity index (χ1) is 12.1. The van der Waals surface area contributed by atoms with E-state index in [1.165, 1.54) is 4.90 Å². The van der Waals surface area contributed by atoms with Gasteiger partial charge in [-0.3, -0.25) is 9.59 Å². The normalized spacial score (nSPS) is 13.6. The van der Waals surface area contributed by atoms with Crippen molar-refractivity contribution in [3.8, 4) is 0 Å². The molecule has 5 nitrogen and oxygen atoms in total. The Morgan fingerprint density at radius 2 is 1.52 bits per heavy atom. The second kappa shape index (κ2) is 7.94. The molecule has 1 aliphatic carbocycles. The predicted octanol–water partition coefficient (Wildman–Crippen LogP) is 2.87. The SMILES string of the molecule is O=C(O)CN(C(=O)COC(c1ccccc1)c1ccccc1)C1CC1. The molecule has 25 heavy (non-hydrogen) atoms. The lowest BCUT2D eigenvalue weighted by molar-refractivity contribution is -0.147. The third-order valence-corrected chi connectivity index (χ3v) is 4.19. The maximum atomic E-state index is 12.5. The van der Waals surface area contributed by atoms with Gasteiger partial charge in [-0.15, -0.1) is 0 Å².